The first kappa shape index (κ1) is 17.7. The minimum Gasteiger partial charge on any atom is -0.359 e. The molecule has 7 heteroatoms. The van der Waals surface area contributed by atoms with Crippen molar-refractivity contribution in [2.45, 2.75) is 39.2 Å². The number of amides is 1. The third kappa shape index (κ3) is 3.65. The summed E-state index contributed by atoms with van der Waals surface area (Å²) in [7, 11) is 1.99. The number of hydrogen-bond acceptors (Lipinski definition) is 5. The molecule has 1 aliphatic rings. The molecule has 1 saturated heterocycles. The van der Waals surface area contributed by atoms with Crippen LogP contribution in [0, 0.1) is 11.3 Å². The van der Waals surface area contributed by atoms with Gasteiger partial charge in [-0.05, 0) is 18.9 Å². The zero-order valence-electron chi connectivity index (χ0n) is 14.5. The lowest BCUT2D eigenvalue weighted by molar-refractivity contribution is -0.137. The van der Waals surface area contributed by atoms with E-state index in [-0.39, 0.29) is 18.4 Å². The Bertz CT molecular complexity index is 719. The van der Waals surface area contributed by atoms with Crippen LogP contribution < -0.4 is 4.90 Å². The van der Waals surface area contributed by atoms with Gasteiger partial charge in [0, 0.05) is 32.4 Å². The predicted molar refractivity (Wildman–Crippen MR) is 93.5 cm³/mol. The molecule has 0 aliphatic carbocycles. The minimum atomic E-state index is -0.0588. The number of anilines is 1. The van der Waals surface area contributed by atoms with Crippen LogP contribution in [-0.2, 0) is 4.79 Å². The number of aromatic amines is 1. The van der Waals surface area contributed by atoms with Crippen LogP contribution in [0.4, 0.5) is 5.82 Å². The van der Waals surface area contributed by atoms with Crippen LogP contribution in [0.2, 0.25) is 0 Å². The topological polar surface area (TPSA) is 88.9 Å². The van der Waals surface area contributed by atoms with E-state index in [0.29, 0.717) is 0 Å². The number of carbonyl (C=O) groups is 1. The minimum absolute atomic E-state index is 0.0256. The van der Waals surface area contributed by atoms with Gasteiger partial charge in [0.2, 0.25) is 5.91 Å². The van der Waals surface area contributed by atoms with Gasteiger partial charge in [-0.2, -0.15) is 5.26 Å². The summed E-state index contributed by atoms with van der Waals surface area (Å²) in [6.07, 6.45) is 5.27. The maximum absolute atomic E-state index is 11.8. The van der Waals surface area contributed by atoms with Crippen LogP contribution in [0.25, 0.3) is 11.0 Å². The monoisotopic (exact) mass is 328 g/mol. The summed E-state index contributed by atoms with van der Waals surface area (Å²) in [6, 6.07) is 4.13. The van der Waals surface area contributed by atoms with Crippen molar-refractivity contribution in [1.29, 1.82) is 5.26 Å². The van der Waals surface area contributed by atoms with E-state index in [4.69, 9.17) is 5.26 Å². The molecule has 1 fully saturated rings. The molecule has 3 heterocycles. The van der Waals surface area contributed by atoms with Crippen molar-refractivity contribution in [3.8, 4) is 6.07 Å². The second kappa shape index (κ2) is 8.29. The van der Waals surface area contributed by atoms with Crippen molar-refractivity contribution in [3.05, 3.63) is 18.6 Å². The Hall–Kier alpha value is -2.62. The van der Waals surface area contributed by atoms with Gasteiger partial charge in [-0.25, -0.2) is 9.97 Å². The number of hydrogen-bond donors (Lipinski definition) is 1. The summed E-state index contributed by atoms with van der Waals surface area (Å²) in [4.78, 5) is 27.3. The lowest BCUT2D eigenvalue weighted by Crippen LogP contribution is -2.52. The standard InChI is InChI=1S/C15H18N6O.C2H6/c1-20(15-12-3-7-17-14(12)18-10-19-15)8-4-11-5-9-21(11)13(22)2-6-16;1-2/h3,7,10-11H,2,4-5,8-9H2,1H3,(H,17,18,19);1-2H3/t11-;/m1./s1. The molecule has 24 heavy (non-hydrogen) atoms. The molecule has 0 aromatic carbocycles. The average molecular weight is 328 g/mol. The molecule has 0 bridgehead atoms. The molecule has 0 spiro atoms. The Morgan fingerprint density at radius 1 is 1.50 bits per heavy atom. The number of H-pyrrole nitrogens is 1. The third-order valence-electron chi connectivity index (χ3n) is 4.19. The number of nitrogens with zero attached hydrogens (tertiary/aromatic N) is 5. The molecule has 0 radical (unpaired) electrons. The van der Waals surface area contributed by atoms with Gasteiger partial charge in [-0.15, -0.1) is 0 Å². The average Bonchev–Trinajstić information content (AvgIpc) is 3.04. The fourth-order valence-electron chi connectivity index (χ4n) is 2.85. The first-order valence-corrected chi connectivity index (χ1v) is 8.36. The number of rotatable bonds is 5. The summed E-state index contributed by atoms with van der Waals surface area (Å²) in [5.74, 6) is 0.830. The molecule has 2 aromatic heterocycles. The molecule has 0 saturated carbocycles. The molecule has 1 amide bonds. The zero-order chi connectivity index (χ0) is 17.5. The third-order valence-corrected chi connectivity index (χ3v) is 4.19. The highest BCUT2D eigenvalue weighted by Gasteiger charge is 2.31. The number of fused-ring (bicyclic) bond motifs is 1. The lowest BCUT2D eigenvalue weighted by atomic mass is 9.99. The van der Waals surface area contributed by atoms with Crippen molar-refractivity contribution in [2.75, 3.05) is 25.0 Å². The predicted octanol–water partition coefficient (Wildman–Crippen LogP) is 2.32. The number of aromatic nitrogens is 3. The highest BCUT2D eigenvalue weighted by atomic mass is 16.2. The number of nitrogens with one attached hydrogen (secondary N) is 1. The maximum atomic E-state index is 11.8. The smallest absolute Gasteiger partial charge is 0.237 e. The van der Waals surface area contributed by atoms with Gasteiger partial charge in [0.1, 0.15) is 24.2 Å². The Morgan fingerprint density at radius 3 is 2.96 bits per heavy atom. The zero-order valence-corrected chi connectivity index (χ0v) is 14.5. The SMILES string of the molecule is CC.CN(CC[C@@H]1CCN1C(=O)CC#N)c1ncnc2[nH]ccc12. The maximum Gasteiger partial charge on any atom is 0.237 e. The number of likely N-dealkylation sites (tertiary alicyclic amines) is 1. The quantitative estimate of drug-likeness (QED) is 0.910. The first-order chi connectivity index (χ1) is 11.7. The lowest BCUT2D eigenvalue weighted by Gasteiger charge is -2.41. The van der Waals surface area contributed by atoms with Crippen LogP contribution in [0.15, 0.2) is 18.6 Å². The van der Waals surface area contributed by atoms with Gasteiger partial charge in [-0.3, -0.25) is 4.79 Å². The Morgan fingerprint density at radius 2 is 2.29 bits per heavy atom. The number of carbonyl (C=O) groups excluding carboxylic acids is 1. The molecule has 7 nitrogen and oxygen atoms in total. The Kier molecular flexibility index (Phi) is 6.13. The molecule has 2 aromatic rings. The van der Waals surface area contributed by atoms with Gasteiger partial charge in [0.05, 0.1) is 11.5 Å². The summed E-state index contributed by atoms with van der Waals surface area (Å²) in [5, 5.41) is 9.61. The van der Waals surface area contributed by atoms with E-state index in [0.717, 1.165) is 42.8 Å². The summed E-state index contributed by atoms with van der Waals surface area (Å²) < 4.78 is 0. The van der Waals surface area contributed by atoms with E-state index in [1.54, 1.807) is 6.33 Å². The van der Waals surface area contributed by atoms with E-state index in [9.17, 15) is 4.79 Å². The van der Waals surface area contributed by atoms with Crippen LogP contribution in [0.3, 0.4) is 0 Å². The Balaban J connectivity index is 0.00000100. The van der Waals surface area contributed by atoms with Crippen molar-refractivity contribution in [1.82, 2.24) is 19.9 Å². The molecular formula is C17H24N6O. The largest absolute Gasteiger partial charge is 0.359 e. The second-order valence-corrected chi connectivity index (χ2v) is 5.51. The van der Waals surface area contributed by atoms with Crippen molar-refractivity contribution < 1.29 is 4.79 Å². The van der Waals surface area contributed by atoms with Crippen LogP contribution >= 0.6 is 0 Å². The van der Waals surface area contributed by atoms with Crippen LogP contribution in [-0.4, -0.2) is 51.9 Å². The molecule has 1 N–H and O–H groups in total. The first-order valence-electron chi connectivity index (χ1n) is 8.36. The van der Waals surface area contributed by atoms with E-state index in [1.165, 1.54) is 0 Å². The fraction of sp³-hybridized carbons (Fsp3) is 0.529. The van der Waals surface area contributed by atoms with E-state index < -0.39 is 0 Å². The second-order valence-electron chi connectivity index (χ2n) is 5.51. The number of nitriles is 1. The Labute approximate surface area is 142 Å². The molecule has 1 atom stereocenters. The fourth-order valence-corrected chi connectivity index (χ4v) is 2.85. The summed E-state index contributed by atoms with van der Waals surface area (Å²) in [6.45, 7) is 5.57. The van der Waals surface area contributed by atoms with Crippen LogP contribution in [0.1, 0.15) is 33.1 Å². The highest BCUT2D eigenvalue weighted by Crippen LogP contribution is 2.24. The van der Waals surface area contributed by atoms with Crippen molar-refractivity contribution >= 4 is 22.8 Å². The van der Waals surface area contributed by atoms with Crippen molar-refractivity contribution in [3.63, 3.8) is 0 Å². The summed E-state index contributed by atoms with van der Waals surface area (Å²) in [5.41, 5.74) is 0.825. The van der Waals surface area contributed by atoms with Gasteiger partial charge >= 0.3 is 0 Å². The molecular weight excluding hydrogens is 304 g/mol. The van der Waals surface area contributed by atoms with Gasteiger partial charge in [0.25, 0.3) is 0 Å². The van der Waals surface area contributed by atoms with E-state index in [1.807, 2.05) is 44.1 Å². The van der Waals surface area contributed by atoms with Crippen LogP contribution in [0.5, 0.6) is 0 Å². The molecule has 3 rings (SSSR count). The van der Waals surface area contributed by atoms with E-state index >= 15 is 0 Å². The normalized spacial score (nSPS) is 15.9. The summed E-state index contributed by atoms with van der Waals surface area (Å²) >= 11 is 0. The van der Waals surface area contributed by atoms with E-state index in [2.05, 4.69) is 19.9 Å². The molecule has 128 valence electrons. The van der Waals surface area contributed by atoms with Crippen molar-refractivity contribution in [2.24, 2.45) is 0 Å². The molecule has 0 unspecified atom stereocenters. The molecule has 1 aliphatic heterocycles. The van der Waals surface area contributed by atoms with Gasteiger partial charge < -0.3 is 14.8 Å². The van der Waals surface area contributed by atoms with Gasteiger partial charge in [-0.1, -0.05) is 13.8 Å². The van der Waals surface area contributed by atoms with Gasteiger partial charge in [0.15, 0.2) is 0 Å². The highest BCUT2D eigenvalue weighted by molar-refractivity contribution is 5.87.